The van der Waals surface area contributed by atoms with E-state index in [1.165, 1.54) is 4.90 Å². The van der Waals surface area contributed by atoms with Gasteiger partial charge in [-0.2, -0.15) is 0 Å². The van der Waals surface area contributed by atoms with E-state index < -0.39 is 23.4 Å². The molecule has 0 aromatic heterocycles. The Morgan fingerprint density at radius 1 is 1.24 bits per heavy atom. The van der Waals surface area contributed by atoms with Gasteiger partial charge in [-0.1, -0.05) is 12.8 Å². The second kappa shape index (κ2) is 6.47. The molecule has 2 unspecified atom stereocenters. The molecule has 0 bridgehead atoms. The maximum Gasteiger partial charge on any atom is 0.254 e. The number of benzene rings is 1. The van der Waals surface area contributed by atoms with Gasteiger partial charge >= 0.3 is 0 Å². The highest BCUT2D eigenvalue weighted by molar-refractivity contribution is 5.94. The third-order valence-corrected chi connectivity index (χ3v) is 4.22. The van der Waals surface area contributed by atoms with E-state index in [1.807, 2.05) is 0 Å². The van der Waals surface area contributed by atoms with Gasteiger partial charge in [-0.25, -0.2) is 13.2 Å². The molecule has 1 aromatic rings. The van der Waals surface area contributed by atoms with E-state index in [-0.39, 0.29) is 17.5 Å². The molecule has 0 spiro atoms. The average molecular weight is 300 g/mol. The van der Waals surface area contributed by atoms with Crippen LogP contribution in [-0.2, 0) is 0 Å². The fourth-order valence-corrected chi connectivity index (χ4v) is 3.01. The van der Waals surface area contributed by atoms with Crippen molar-refractivity contribution in [1.82, 2.24) is 4.90 Å². The zero-order valence-corrected chi connectivity index (χ0v) is 11.9. The van der Waals surface area contributed by atoms with Crippen LogP contribution in [0.3, 0.4) is 0 Å². The first kappa shape index (κ1) is 15.8. The molecule has 6 heteroatoms. The number of halogens is 3. The average Bonchev–Trinajstić information content (AvgIpc) is 2.50. The second-order valence-corrected chi connectivity index (χ2v) is 5.52. The van der Waals surface area contributed by atoms with Gasteiger partial charge in [-0.05, 0) is 37.4 Å². The molecule has 0 saturated heterocycles. The SMILES string of the molecule is CN(C(=O)c1cc(F)c(F)c(F)c1)C1CCCCC1CN. The molecule has 0 heterocycles. The van der Waals surface area contributed by atoms with Gasteiger partial charge in [0.15, 0.2) is 17.5 Å². The molecule has 1 saturated carbocycles. The summed E-state index contributed by atoms with van der Waals surface area (Å²) in [6, 6.07) is 1.42. The molecule has 116 valence electrons. The lowest BCUT2D eigenvalue weighted by molar-refractivity contribution is 0.0619. The van der Waals surface area contributed by atoms with Gasteiger partial charge in [0, 0.05) is 18.7 Å². The van der Waals surface area contributed by atoms with Gasteiger partial charge in [0.25, 0.3) is 5.91 Å². The van der Waals surface area contributed by atoms with Crippen LogP contribution in [-0.4, -0.2) is 30.4 Å². The summed E-state index contributed by atoms with van der Waals surface area (Å²) in [5.74, 6) is -4.61. The predicted octanol–water partition coefficient (Wildman–Crippen LogP) is 2.69. The van der Waals surface area contributed by atoms with Crippen molar-refractivity contribution >= 4 is 5.91 Å². The molecule has 0 radical (unpaired) electrons. The van der Waals surface area contributed by atoms with Crippen molar-refractivity contribution in [2.45, 2.75) is 31.7 Å². The highest BCUT2D eigenvalue weighted by Gasteiger charge is 2.30. The molecule has 3 nitrogen and oxygen atoms in total. The van der Waals surface area contributed by atoms with E-state index in [0.29, 0.717) is 6.54 Å². The lowest BCUT2D eigenvalue weighted by Gasteiger charge is -2.37. The van der Waals surface area contributed by atoms with Crippen molar-refractivity contribution in [3.8, 4) is 0 Å². The van der Waals surface area contributed by atoms with Crippen LogP contribution in [0.5, 0.6) is 0 Å². The fourth-order valence-electron chi connectivity index (χ4n) is 3.01. The molecule has 1 aliphatic rings. The summed E-state index contributed by atoms with van der Waals surface area (Å²) in [7, 11) is 1.60. The van der Waals surface area contributed by atoms with Crippen LogP contribution in [0.25, 0.3) is 0 Å². The number of amides is 1. The van der Waals surface area contributed by atoms with Crippen molar-refractivity contribution in [2.75, 3.05) is 13.6 Å². The molecule has 1 amide bonds. The number of nitrogens with two attached hydrogens (primary N) is 1. The predicted molar refractivity (Wildman–Crippen MR) is 73.2 cm³/mol. The number of nitrogens with zero attached hydrogens (tertiary/aromatic N) is 1. The van der Waals surface area contributed by atoms with Crippen LogP contribution in [0, 0.1) is 23.4 Å². The lowest BCUT2D eigenvalue weighted by atomic mass is 9.83. The highest BCUT2D eigenvalue weighted by atomic mass is 19.2. The van der Waals surface area contributed by atoms with E-state index in [0.717, 1.165) is 37.8 Å². The van der Waals surface area contributed by atoms with Gasteiger partial charge in [0.1, 0.15) is 0 Å². The number of rotatable bonds is 3. The molecular formula is C15H19F3N2O. The van der Waals surface area contributed by atoms with E-state index in [2.05, 4.69) is 0 Å². The maximum atomic E-state index is 13.2. The summed E-state index contributed by atoms with van der Waals surface area (Å²) in [6.45, 7) is 0.467. The third kappa shape index (κ3) is 3.20. The first-order valence-corrected chi connectivity index (χ1v) is 7.07. The van der Waals surface area contributed by atoms with E-state index in [9.17, 15) is 18.0 Å². The van der Waals surface area contributed by atoms with Gasteiger partial charge < -0.3 is 10.6 Å². The van der Waals surface area contributed by atoms with Crippen LogP contribution in [0.4, 0.5) is 13.2 Å². The summed E-state index contributed by atoms with van der Waals surface area (Å²) < 4.78 is 39.4. The second-order valence-electron chi connectivity index (χ2n) is 5.52. The Labute approximate surface area is 121 Å². The zero-order chi connectivity index (χ0) is 15.6. The Morgan fingerprint density at radius 2 is 1.81 bits per heavy atom. The number of hydrogen-bond acceptors (Lipinski definition) is 2. The highest BCUT2D eigenvalue weighted by Crippen LogP contribution is 2.28. The summed E-state index contributed by atoms with van der Waals surface area (Å²) >= 11 is 0. The van der Waals surface area contributed by atoms with Crippen LogP contribution in [0.1, 0.15) is 36.0 Å². The number of carbonyl (C=O) groups excluding carboxylic acids is 1. The van der Waals surface area contributed by atoms with Crippen molar-refractivity contribution in [3.63, 3.8) is 0 Å². The minimum Gasteiger partial charge on any atom is -0.338 e. The topological polar surface area (TPSA) is 46.3 Å². The Balaban J connectivity index is 2.22. The van der Waals surface area contributed by atoms with Crippen LogP contribution >= 0.6 is 0 Å². The fraction of sp³-hybridized carbons (Fsp3) is 0.533. The molecule has 2 rings (SSSR count). The summed E-state index contributed by atoms with van der Waals surface area (Å²) in [5.41, 5.74) is 5.55. The van der Waals surface area contributed by atoms with Crippen molar-refractivity contribution in [1.29, 1.82) is 0 Å². The lowest BCUT2D eigenvalue weighted by Crippen LogP contribution is -2.46. The molecule has 2 N–H and O–H groups in total. The van der Waals surface area contributed by atoms with Gasteiger partial charge in [0.05, 0.1) is 0 Å². The quantitative estimate of drug-likeness (QED) is 0.872. The zero-order valence-electron chi connectivity index (χ0n) is 11.9. The van der Waals surface area contributed by atoms with E-state index >= 15 is 0 Å². The summed E-state index contributed by atoms with van der Waals surface area (Å²) in [6.07, 6.45) is 3.81. The van der Waals surface area contributed by atoms with E-state index in [1.54, 1.807) is 7.05 Å². The van der Waals surface area contributed by atoms with E-state index in [4.69, 9.17) is 5.73 Å². The maximum absolute atomic E-state index is 13.2. The molecule has 1 aromatic carbocycles. The third-order valence-electron chi connectivity index (χ3n) is 4.22. The van der Waals surface area contributed by atoms with Crippen LogP contribution < -0.4 is 5.73 Å². The molecule has 21 heavy (non-hydrogen) atoms. The van der Waals surface area contributed by atoms with Crippen LogP contribution in [0.2, 0.25) is 0 Å². The first-order valence-electron chi connectivity index (χ1n) is 7.07. The Hall–Kier alpha value is -1.56. The Morgan fingerprint density at radius 3 is 2.38 bits per heavy atom. The molecule has 1 fully saturated rings. The van der Waals surface area contributed by atoms with Crippen molar-refractivity contribution in [3.05, 3.63) is 35.1 Å². The van der Waals surface area contributed by atoms with Crippen molar-refractivity contribution < 1.29 is 18.0 Å². The smallest absolute Gasteiger partial charge is 0.254 e. The monoisotopic (exact) mass is 300 g/mol. The normalized spacial score (nSPS) is 22.1. The molecule has 2 atom stereocenters. The summed E-state index contributed by atoms with van der Waals surface area (Å²) in [5, 5.41) is 0. The minimum absolute atomic E-state index is 0.0487. The van der Waals surface area contributed by atoms with Crippen LogP contribution in [0.15, 0.2) is 12.1 Å². The minimum atomic E-state index is -1.56. The van der Waals surface area contributed by atoms with Gasteiger partial charge in [0.2, 0.25) is 0 Å². The number of carbonyl (C=O) groups is 1. The first-order chi connectivity index (χ1) is 9.95. The standard InChI is InChI=1S/C15H19F3N2O/c1-20(13-5-3-2-4-9(13)8-19)15(21)10-6-11(16)14(18)12(17)7-10/h6-7,9,13H,2-5,8,19H2,1H3. The molecule has 1 aliphatic carbocycles. The van der Waals surface area contributed by atoms with Crippen molar-refractivity contribution in [2.24, 2.45) is 11.7 Å². The number of hydrogen-bond donors (Lipinski definition) is 1. The largest absolute Gasteiger partial charge is 0.338 e. The van der Waals surface area contributed by atoms with Gasteiger partial charge in [-0.15, -0.1) is 0 Å². The Kier molecular flexibility index (Phi) is 4.88. The molecule has 0 aliphatic heterocycles. The Bertz CT molecular complexity index is 513. The molecular weight excluding hydrogens is 281 g/mol. The summed E-state index contributed by atoms with van der Waals surface area (Å²) in [4.78, 5) is 13.8. The van der Waals surface area contributed by atoms with Gasteiger partial charge in [-0.3, -0.25) is 4.79 Å².